The van der Waals surface area contributed by atoms with Crippen molar-refractivity contribution in [2.45, 2.75) is 154 Å². The van der Waals surface area contributed by atoms with Crippen LogP contribution in [0.5, 0.6) is 0 Å². The summed E-state index contributed by atoms with van der Waals surface area (Å²) in [6, 6.07) is 0. The molecule has 1 unspecified atom stereocenters. The highest BCUT2D eigenvalue weighted by Crippen LogP contribution is 2.32. The number of alkyl halides is 1. The summed E-state index contributed by atoms with van der Waals surface area (Å²) in [5, 5.41) is -2.45. The molecule has 0 rings (SSSR count). The summed E-state index contributed by atoms with van der Waals surface area (Å²) < 4.78 is 47.5. The highest BCUT2D eigenvalue weighted by atomic mass is 32.2. The Bertz CT molecular complexity index is 453. The Morgan fingerprint density at radius 2 is 0.793 bits per heavy atom. The van der Waals surface area contributed by atoms with Crippen LogP contribution in [0.4, 0.5) is 4.39 Å². The SMILES string of the molecule is CCCCCCCCCCCCCC(F)(CCCCCCCCCC)S(=O)(=O)O. The standard InChI is InChI=1S/C24H49FO3S/c1-3-5-7-9-11-13-14-15-17-19-21-23-24(25,29(26,27)28)22-20-18-16-12-10-8-6-4-2/h3-23H2,1-2H3,(H,26,27,28). The zero-order valence-electron chi connectivity index (χ0n) is 19.4. The van der Waals surface area contributed by atoms with Gasteiger partial charge in [0.25, 0.3) is 10.1 Å². The quantitative estimate of drug-likeness (QED) is 0.136. The van der Waals surface area contributed by atoms with Crippen molar-refractivity contribution in [2.24, 2.45) is 0 Å². The van der Waals surface area contributed by atoms with Gasteiger partial charge in [-0.25, -0.2) is 4.39 Å². The fraction of sp³-hybridized carbons (Fsp3) is 1.00. The van der Waals surface area contributed by atoms with Gasteiger partial charge in [0.1, 0.15) is 0 Å². The molecule has 176 valence electrons. The molecule has 0 heterocycles. The maximum absolute atomic E-state index is 14.9. The third-order valence-electron chi connectivity index (χ3n) is 6.02. The minimum atomic E-state index is -4.65. The lowest BCUT2D eigenvalue weighted by Crippen LogP contribution is -2.33. The predicted octanol–water partition coefficient (Wildman–Crippen LogP) is 8.77. The molecule has 0 radical (unpaired) electrons. The van der Waals surface area contributed by atoms with Crippen molar-refractivity contribution >= 4 is 10.1 Å². The molecule has 0 spiro atoms. The number of unbranched alkanes of at least 4 members (excludes halogenated alkanes) is 17. The van der Waals surface area contributed by atoms with E-state index in [-0.39, 0.29) is 12.8 Å². The molecule has 0 aromatic rings. The first kappa shape index (κ1) is 28.8. The van der Waals surface area contributed by atoms with Crippen LogP contribution in [-0.2, 0) is 10.1 Å². The van der Waals surface area contributed by atoms with Gasteiger partial charge < -0.3 is 0 Å². The minimum Gasteiger partial charge on any atom is -0.283 e. The second-order valence-corrected chi connectivity index (χ2v) is 10.6. The van der Waals surface area contributed by atoms with Gasteiger partial charge in [-0.05, 0) is 25.7 Å². The first-order chi connectivity index (χ1) is 13.9. The third kappa shape index (κ3) is 16.2. The molecule has 29 heavy (non-hydrogen) atoms. The van der Waals surface area contributed by atoms with E-state index in [0.29, 0.717) is 12.8 Å². The average Bonchev–Trinajstić information content (AvgIpc) is 2.67. The molecule has 0 aliphatic heterocycles. The molecule has 0 fully saturated rings. The molecule has 1 N–H and O–H groups in total. The lowest BCUT2D eigenvalue weighted by atomic mass is 10.0. The van der Waals surface area contributed by atoms with Crippen molar-refractivity contribution in [1.82, 2.24) is 0 Å². The largest absolute Gasteiger partial charge is 0.300 e. The summed E-state index contributed by atoms with van der Waals surface area (Å²) in [5.41, 5.74) is 0. The summed E-state index contributed by atoms with van der Waals surface area (Å²) in [6.45, 7) is 4.41. The van der Waals surface area contributed by atoms with Crippen LogP contribution in [0.3, 0.4) is 0 Å². The van der Waals surface area contributed by atoms with Crippen molar-refractivity contribution in [3.63, 3.8) is 0 Å². The van der Waals surface area contributed by atoms with Gasteiger partial charge in [-0.2, -0.15) is 8.42 Å². The lowest BCUT2D eigenvalue weighted by molar-refractivity contribution is 0.203. The van der Waals surface area contributed by atoms with Crippen LogP contribution in [0.25, 0.3) is 0 Å². The van der Waals surface area contributed by atoms with Crippen LogP contribution < -0.4 is 0 Å². The Kier molecular flexibility index (Phi) is 18.5. The van der Waals surface area contributed by atoms with Gasteiger partial charge in [-0.1, -0.05) is 123 Å². The molecule has 0 aliphatic rings. The van der Waals surface area contributed by atoms with Gasteiger partial charge in [0.2, 0.25) is 5.00 Å². The molecule has 0 bridgehead atoms. The topological polar surface area (TPSA) is 54.4 Å². The summed E-state index contributed by atoms with van der Waals surface area (Å²) in [4.78, 5) is 0. The van der Waals surface area contributed by atoms with Crippen LogP contribution >= 0.6 is 0 Å². The van der Waals surface area contributed by atoms with E-state index in [2.05, 4.69) is 13.8 Å². The van der Waals surface area contributed by atoms with E-state index in [1.54, 1.807) is 0 Å². The van der Waals surface area contributed by atoms with E-state index >= 15 is 0 Å². The molecule has 0 saturated carbocycles. The maximum Gasteiger partial charge on any atom is 0.300 e. The van der Waals surface area contributed by atoms with Crippen LogP contribution in [-0.4, -0.2) is 18.0 Å². The molecule has 0 aromatic heterocycles. The molecule has 1 atom stereocenters. The summed E-state index contributed by atoms with van der Waals surface area (Å²) >= 11 is 0. The van der Waals surface area contributed by atoms with E-state index in [0.717, 1.165) is 38.5 Å². The third-order valence-corrected chi connectivity index (χ3v) is 7.35. The Balaban J connectivity index is 3.85. The molecular formula is C24H49FO3S. The first-order valence-electron chi connectivity index (χ1n) is 12.5. The molecule has 5 heteroatoms. The Labute approximate surface area is 181 Å². The smallest absolute Gasteiger partial charge is 0.283 e. The second kappa shape index (κ2) is 18.6. The molecular weight excluding hydrogens is 387 g/mol. The van der Waals surface area contributed by atoms with E-state index < -0.39 is 15.1 Å². The molecule has 0 aliphatic carbocycles. The minimum absolute atomic E-state index is 0.0701. The van der Waals surface area contributed by atoms with Crippen molar-refractivity contribution in [2.75, 3.05) is 0 Å². The Morgan fingerprint density at radius 1 is 0.552 bits per heavy atom. The monoisotopic (exact) mass is 436 g/mol. The highest BCUT2D eigenvalue weighted by molar-refractivity contribution is 7.87. The predicted molar refractivity (Wildman–Crippen MR) is 124 cm³/mol. The zero-order valence-corrected chi connectivity index (χ0v) is 20.2. The summed E-state index contributed by atoms with van der Waals surface area (Å²) in [7, 11) is -4.65. The average molecular weight is 437 g/mol. The van der Waals surface area contributed by atoms with E-state index in [1.165, 1.54) is 70.6 Å². The van der Waals surface area contributed by atoms with E-state index in [4.69, 9.17) is 0 Å². The fourth-order valence-corrected chi connectivity index (χ4v) is 4.76. The molecule has 3 nitrogen and oxygen atoms in total. The van der Waals surface area contributed by atoms with E-state index in [1.807, 2.05) is 0 Å². The van der Waals surface area contributed by atoms with Gasteiger partial charge in [0.15, 0.2) is 0 Å². The Morgan fingerprint density at radius 3 is 1.03 bits per heavy atom. The van der Waals surface area contributed by atoms with Gasteiger partial charge in [-0.15, -0.1) is 0 Å². The van der Waals surface area contributed by atoms with Gasteiger partial charge >= 0.3 is 0 Å². The van der Waals surface area contributed by atoms with E-state index in [9.17, 15) is 17.4 Å². The van der Waals surface area contributed by atoms with Crippen molar-refractivity contribution in [3.05, 3.63) is 0 Å². The molecule has 0 saturated heterocycles. The summed E-state index contributed by atoms with van der Waals surface area (Å²) in [6.07, 6.45) is 20.9. The van der Waals surface area contributed by atoms with Gasteiger partial charge in [0, 0.05) is 0 Å². The van der Waals surface area contributed by atoms with Crippen molar-refractivity contribution < 1.29 is 17.4 Å². The van der Waals surface area contributed by atoms with Crippen molar-refractivity contribution in [1.29, 1.82) is 0 Å². The van der Waals surface area contributed by atoms with Crippen molar-refractivity contribution in [3.8, 4) is 0 Å². The number of hydrogen-bond donors (Lipinski definition) is 1. The lowest BCUT2D eigenvalue weighted by Gasteiger charge is -2.22. The molecule has 0 aromatic carbocycles. The normalized spacial score (nSPS) is 14.2. The van der Waals surface area contributed by atoms with Gasteiger partial charge in [-0.3, -0.25) is 4.55 Å². The Hall–Kier alpha value is -0.160. The summed E-state index contributed by atoms with van der Waals surface area (Å²) in [5.74, 6) is 0. The van der Waals surface area contributed by atoms with Crippen LogP contribution in [0.15, 0.2) is 0 Å². The second-order valence-electron chi connectivity index (χ2n) is 8.87. The number of hydrogen-bond acceptors (Lipinski definition) is 2. The molecule has 0 amide bonds. The van der Waals surface area contributed by atoms with Crippen LogP contribution in [0.1, 0.15) is 149 Å². The number of halogens is 1. The number of rotatable bonds is 22. The zero-order chi connectivity index (χ0) is 21.8. The maximum atomic E-state index is 14.9. The fourth-order valence-electron chi connectivity index (χ4n) is 3.96. The van der Waals surface area contributed by atoms with Crippen LogP contribution in [0.2, 0.25) is 0 Å². The first-order valence-corrected chi connectivity index (χ1v) is 14.0. The van der Waals surface area contributed by atoms with Gasteiger partial charge in [0.05, 0.1) is 0 Å². The highest BCUT2D eigenvalue weighted by Gasteiger charge is 2.42. The van der Waals surface area contributed by atoms with Crippen LogP contribution in [0, 0.1) is 0 Å².